The summed E-state index contributed by atoms with van der Waals surface area (Å²) < 4.78 is 7.25. The van der Waals surface area contributed by atoms with E-state index in [0.717, 1.165) is 15.8 Å². The zero-order valence-corrected chi connectivity index (χ0v) is 23.3. The van der Waals surface area contributed by atoms with E-state index < -0.39 is 23.8 Å². The van der Waals surface area contributed by atoms with Crippen LogP contribution in [-0.4, -0.2) is 50.6 Å². The molecule has 3 rings (SSSR count). The van der Waals surface area contributed by atoms with Gasteiger partial charge >= 0.3 is 12.1 Å². The van der Waals surface area contributed by atoms with Crippen molar-refractivity contribution >= 4 is 46.9 Å². The van der Waals surface area contributed by atoms with E-state index in [1.165, 1.54) is 4.90 Å². The van der Waals surface area contributed by atoms with E-state index in [1.807, 2.05) is 50.6 Å². The van der Waals surface area contributed by atoms with Crippen molar-refractivity contribution in [3.8, 4) is 0 Å². The second-order valence-corrected chi connectivity index (χ2v) is 10.8. The fourth-order valence-corrected chi connectivity index (χ4v) is 4.25. The lowest BCUT2D eigenvalue weighted by Crippen LogP contribution is -2.40. The van der Waals surface area contributed by atoms with E-state index in [9.17, 15) is 14.4 Å². The van der Waals surface area contributed by atoms with Gasteiger partial charge in [0.2, 0.25) is 6.41 Å². The van der Waals surface area contributed by atoms with Gasteiger partial charge in [-0.2, -0.15) is 0 Å². The van der Waals surface area contributed by atoms with Gasteiger partial charge in [0, 0.05) is 35.7 Å². The lowest BCUT2D eigenvalue weighted by atomic mass is 10.0. The first-order chi connectivity index (χ1) is 17.2. The maximum Gasteiger partial charge on any atom is 0.408 e. The molecule has 0 saturated carbocycles. The number of aromatic nitrogens is 3. The number of H-pyrrole nitrogens is 1. The number of benzene rings is 1. The Bertz CT molecular complexity index is 1310. The number of rotatable bonds is 7. The topological polar surface area (TPSA) is 113 Å². The summed E-state index contributed by atoms with van der Waals surface area (Å²) in [4.78, 5) is 48.0. The van der Waals surface area contributed by atoms with E-state index in [4.69, 9.17) is 21.3 Å². The molecule has 1 aromatic carbocycles. The Morgan fingerprint density at radius 2 is 1.97 bits per heavy atom. The van der Waals surface area contributed by atoms with Gasteiger partial charge in [-0.1, -0.05) is 31.5 Å². The minimum Gasteiger partial charge on any atom is -0.444 e. The normalized spacial score (nSPS) is 12.5. The predicted octanol–water partition coefficient (Wildman–Crippen LogP) is 5.30. The standard InChI is InChI=1S/C26H35ClN6O4/c1-15(2)21(29-24(35)37-26(4,5)6)23-30-22(16(3)31(23)7)32(8)25(36)33(14-34)13-17-12-18-19(27)10-9-11-20(18)28-17/h9-12,14-15,21,28H,13H2,1-8H3,(H,29,35). The van der Waals surface area contributed by atoms with Gasteiger partial charge in [0.1, 0.15) is 11.4 Å². The number of nitrogens with zero attached hydrogens (tertiary/aromatic N) is 4. The third kappa shape index (κ3) is 6.25. The van der Waals surface area contributed by atoms with Gasteiger partial charge in [0.05, 0.1) is 18.3 Å². The quantitative estimate of drug-likeness (QED) is 0.402. The summed E-state index contributed by atoms with van der Waals surface area (Å²) in [5.74, 6) is 0.934. The molecular formula is C26H35ClN6O4. The average molecular weight is 531 g/mol. The number of imide groups is 1. The molecule has 2 heterocycles. The Morgan fingerprint density at radius 3 is 2.54 bits per heavy atom. The fourth-order valence-electron chi connectivity index (χ4n) is 4.02. The van der Waals surface area contributed by atoms with Crippen LogP contribution < -0.4 is 10.2 Å². The lowest BCUT2D eigenvalue weighted by Gasteiger charge is -2.25. The molecule has 2 N–H and O–H groups in total. The zero-order chi connectivity index (χ0) is 27.7. The van der Waals surface area contributed by atoms with Crippen molar-refractivity contribution in [2.24, 2.45) is 13.0 Å². The maximum absolute atomic E-state index is 13.3. The van der Waals surface area contributed by atoms with E-state index in [-0.39, 0.29) is 12.5 Å². The van der Waals surface area contributed by atoms with Crippen LogP contribution in [0.5, 0.6) is 0 Å². The van der Waals surface area contributed by atoms with Crippen molar-refractivity contribution in [2.45, 2.75) is 59.7 Å². The highest BCUT2D eigenvalue weighted by atomic mass is 35.5. The molecule has 0 saturated heterocycles. The molecule has 0 radical (unpaired) electrons. The van der Waals surface area contributed by atoms with Crippen LogP contribution in [0.3, 0.4) is 0 Å². The second kappa shape index (κ2) is 10.8. The molecule has 37 heavy (non-hydrogen) atoms. The highest BCUT2D eigenvalue weighted by molar-refractivity contribution is 6.35. The highest BCUT2D eigenvalue weighted by Gasteiger charge is 2.30. The number of ether oxygens (including phenoxy) is 1. The smallest absolute Gasteiger partial charge is 0.408 e. The van der Waals surface area contributed by atoms with Crippen molar-refractivity contribution in [1.82, 2.24) is 24.8 Å². The van der Waals surface area contributed by atoms with E-state index >= 15 is 0 Å². The molecular weight excluding hydrogens is 496 g/mol. The predicted molar refractivity (Wildman–Crippen MR) is 144 cm³/mol. The summed E-state index contributed by atoms with van der Waals surface area (Å²) in [7, 11) is 3.38. The Kier molecular flexibility index (Phi) is 8.22. The third-order valence-electron chi connectivity index (χ3n) is 5.99. The first-order valence-corrected chi connectivity index (χ1v) is 12.4. The molecule has 2 aromatic heterocycles. The van der Waals surface area contributed by atoms with Crippen LogP contribution in [0.4, 0.5) is 15.4 Å². The molecule has 0 aliphatic rings. The van der Waals surface area contributed by atoms with Crippen LogP contribution in [0.2, 0.25) is 5.02 Å². The third-order valence-corrected chi connectivity index (χ3v) is 6.32. The van der Waals surface area contributed by atoms with Crippen molar-refractivity contribution < 1.29 is 19.1 Å². The monoisotopic (exact) mass is 530 g/mol. The van der Waals surface area contributed by atoms with Crippen LogP contribution in [0.1, 0.15) is 57.9 Å². The second-order valence-electron chi connectivity index (χ2n) is 10.4. The van der Waals surface area contributed by atoms with Crippen molar-refractivity contribution in [2.75, 3.05) is 11.9 Å². The van der Waals surface area contributed by atoms with Crippen LogP contribution in [0.15, 0.2) is 24.3 Å². The lowest BCUT2D eigenvalue weighted by molar-refractivity contribution is -0.116. The van der Waals surface area contributed by atoms with Crippen molar-refractivity contribution in [3.63, 3.8) is 0 Å². The maximum atomic E-state index is 13.3. The summed E-state index contributed by atoms with van der Waals surface area (Å²) in [5.41, 5.74) is 1.54. The van der Waals surface area contributed by atoms with Gasteiger partial charge in [-0.3, -0.25) is 14.6 Å². The molecule has 3 aromatic rings. The molecule has 1 unspecified atom stereocenters. The molecule has 0 aliphatic heterocycles. The van der Waals surface area contributed by atoms with E-state index in [2.05, 4.69) is 10.3 Å². The average Bonchev–Trinajstić information content (AvgIpc) is 3.35. The Balaban J connectivity index is 1.84. The van der Waals surface area contributed by atoms with Crippen LogP contribution in [-0.2, 0) is 23.1 Å². The van der Waals surface area contributed by atoms with Gasteiger partial charge in [-0.05, 0) is 51.8 Å². The molecule has 4 amide bonds. The first-order valence-electron chi connectivity index (χ1n) is 12.0. The largest absolute Gasteiger partial charge is 0.444 e. The number of carbonyl (C=O) groups excluding carboxylic acids is 3. The summed E-state index contributed by atoms with van der Waals surface area (Å²) in [6, 6.07) is 6.29. The summed E-state index contributed by atoms with van der Waals surface area (Å²) in [5, 5.41) is 4.29. The van der Waals surface area contributed by atoms with Gasteiger partial charge in [0.25, 0.3) is 0 Å². The number of anilines is 1. The molecule has 200 valence electrons. The Hall–Kier alpha value is -3.53. The molecule has 10 nitrogen and oxygen atoms in total. The zero-order valence-electron chi connectivity index (χ0n) is 22.5. The number of nitrogens with one attached hydrogen (secondary N) is 2. The Labute approximate surface area is 221 Å². The number of aromatic amines is 1. The number of urea groups is 1. The number of fused-ring (bicyclic) bond motifs is 1. The van der Waals surface area contributed by atoms with Crippen molar-refractivity contribution in [3.05, 3.63) is 46.5 Å². The van der Waals surface area contributed by atoms with Gasteiger partial charge in [0.15, 0.2) is 5.82 Å². The summed E-state index contributed by atoms with van der Waals surface area (Å²) >= 11 is 6.26. The molecule has 1 atom stereocenters. The van der Waals surface area contributed by atoms with Gasteiger partial charge < -0.3 is 19.6 Å². The molecule has 0 spiro atoms. The minimum atomic E-state index is -0.643. The molecule has 11 heteroatoms. The Morgan fingerprint density at radius 1 is 1.30 bits per heavy atom. The number of hydrogen-bond donors (Lipinski definition) is 2. The van der Waals surface area contributed by atoms with Gasteiger partial charge in [-0.15, -0.1) is 0 Å². The first kappa shape index (κ1) is 28.0. The minimum absolute atomic E-state index is 0.0119. The van der Waals surface area contributed by atoms with E-state index in [1.54, 1.807) is 33.9 Å². The van der Waals surface area contributed by atoms with Crippen LogP contribution in [0, 0.1) is 12.8 Å². The number of imidazole rings is 1. The summed E-state index contributed by atoms with van der Waals surface area (Å²) in [6.45, 7) is 11.2. The number of hydrogen-bond acceptors (Lipinski definition) is 5. The van der Waals surface area contributed by atoms with Crippen molar-refractivity contribution in [1.29, 1.82) is 0 Å². The molecule has 0 aliphatic carbocycles. The molecule has 0 fully saturated rings. The highest BCUT2D eigenvalue weighted by Crippen LogP contribution is 2.28. The van der Waals surface area contributed by atoms with Crippen LogP contribution in [0.25, 0.3) is 10.9 Å². The number of alkyl carbamates (subject to hydrolysis) is 1. The SMILES string of the molecule is Cc1c(N(C)C(=O)N(C=O)Cc2cc3c(Cl)cccc3[nH]2)nc(C(NC(=O)OC(C)(C)C)C(C)C)n1C. The number of amides is 4. The number of halogens is 1. The van der Waals surface area contributed by atoms with Crippen LogP contribution >= 0.6 is 11.6 Å². The number of carbonyl (C=O) groups is 3. The van der Waals surface area contributed by atoms with Gasteiger partial charge in [-0.25, -0.2) is 14.6 Å². The fraction of sp³-hybridized carbons (Fsp3) is 0.462. The van der Waals surface area contributed by atoms with E-state index in [0.29, 0.717) is 34.5 Å². The summed E-state index contributed by atoms with van der Waals surface area (Å²) in [6.07, 6.45) is -0.0602. The molecule has 0 bridgehead atoms.